The molecule has 1 aliphatic heterocycles. The molecule has 12 heteroatoms. The number of allylic oxidation sites excluding steroid dienone is 1. The van der Waals surface area contributed by atoms with Gasteiger partial charge in [-0.25, -0.2) is 4.57 Å². The van der Waals surface area contributed by atoms with Crippen molar-refractivity contribution in [1.82, 2.24) is 4.90 Å². The summed E-state index contributed by atoms with van der Waals surface area (Å²) in [4.78, 5) is 20.8. The predicted octanol–water partition coefficient (Wildman–Crippen LogP) is 7.80. The van der Waals surface area contributed by atoms with Crippen LogP contribution in [0, 0.1) is 0 Å². The normalized spacial score (nSPS) is 17.5. The first-order chi connectivity index (χ1) is 20.5. The van der Waals surface area contributed by atoms with E-state index in [0.717, 1.165) is 52.9 Å². The molecule has 7 nitrogen and oxygen atoms in total. The number of hydrogen-bond acceptors (Lipinski definition) is 5. The van der Waals surface area contributed by atoms with Gasteiger partial charge in [0.2, 0.25) is 0 Å². The van der Waals surface area contributed by atoms with Crippen LogP contribution in [0.4, 0.5) is 17.6 Å². The molecule has 0 spiro atoms. The number of hydrogen-bond donors (Lipinski definition) is 2. The summed E-state index contributed by atoms with van der Waals surface area (Å²) in [7, 11) is -4.75. The number of rotatable bonds is 10. The Morgan fingerprint density at radius 3 is 2.23 bits per heavy atom. The maximum Gasteiger partial charge on any atom is 0.573 e. The van der Waals surface area contributed by atoms with E-state index < -0.39 is 14.2 Å². The first-order valence-electron chi connectivity index (χ1n) is 14.0. The Bertz CT molecular complexity index is 1490. The number of benzene rings is 3. The van der Waals surface area contributed by atoms with E-state index in [2.05, 4.69) is 9.64 Å². The number of alkyl halides is 4. The van der Waals surface area contributed by atoms with Gasteiger partial charge in [-0.1, -0.05) is 37.8 Å². The van der Waals surface area contributed by atoms with Gasteiger partial charge in [0, 0.05) is 19.6 Å². The van der Waals surface area contributed by atoms with Crippen LogP contribution in [0.5, 0.6) is 17.2 Å². The number of fused-ring (bicyclic) bond motifs is 1. The summed E-state index contributed by atoms with van der Waals surface area (Å²) < 4.78 is 77.3. The maximum absolute atomic E-state index is 12.7. The lowest BCUT2D eigenvalue weighted by Crippen LogP contribution is -2.26. The third-order valence-electron chi connectivity index (χ3n) is 7.46. The molecule has 0 amide bonds. The Hall–Kier alpha value is -3.37. The summed E-state index contributed by atoms with van der Waals surface area (Å²) in [5, 5.41) is 0. The van der Waals surface area contributed by atoms with Crippen molar-refractivity contribution in [1.29, 1.82) is 0 Å². The van der Waals surface area contributed by atoms with E-state index >= 15 is 0 Å². The molecular formula is C32H36F4NO6P. The molecule has 1 atom stereocenters. The quantitative estimate of drug-likeness (QED) is 0.173. The van der Waals surface area contributed by atoms with E-state index in [4.69, 9.17) is 9.26 Å². The molecule has 0 radical (unpaired) electrons. The van der Waals surface area contributed by atoms with Gasteiger partial charge in [0.15, 0.2) is 0 Å². The number of phosphoric acid groups is 1. The fourth-order valence-electron chi connectivity index (χ4n) is 5.71. The lowest BCUT2D eigenvalue weighted by molar-refractivity contribution is -0.274. The van der Waals surface area contributed by atoms with Gasteiger partial charge >= 0.3 is 14.2 Å². The van der Waals surface area contributed by atoms with Crippen LogP contribution in [0.1, 0.15) is 55.4 Å². The maximum atomic E-state index is 12.7. The van der Waals surface area contributed by atoms with Crippen molar-refractivity contribution in [2.45, 2.75) is 52.0 Å². The second-order valence-electron chi connectivity index (χ2n) is 10.6. The van der Waals surface area contributed by atoms with Gasteiger partial charge in [0.05, 0.1) is 6.67 Å². The van der Waals surface area contributed by atoms with Gasteiger partial charge in [-0.2, -0.15) is 0 Å². The minimum Gasteiger partial charge on any atom is -0.489 e. The first kappa shape index (κ1) is 33.5. The zero-order chi connectivity index (χ0) is 30.6. The minimum absolute atomic E-state index is 0. The van der Waals surface area contributed by atoms with Crippen LogP contribution >= 0.6 is 7.82 Å². The predicted molar refractivity (Wildman–Crippen MR) is 160 cm³/mol. The van der Waals surface area contributed by atoms with Crippen LogP contribution in [0.15, 0.2) is 66.7 Å². The molecule has 3 aromatic rings. The summed E-state index contributed by atoms with van der Waals surface area (Å²) in [5.41, 5.74) is 4.99. The second kappa shape index (κ2) is 14.2. The molecule has 44 heavy (non-hydrogen) atoms. The molecule has 0 aromatic heterocycles. The van der Waals surface area contributed by atoms with Crippen molar-refractivity contribution in [2.75, 3.05) is 26.3 Å². The van der Waals surface area contributed by atoms with Crippen molar-refractivity contribution in [3.05, 3.63) is 89.0 Å². The summed E-state index contributed by atoms with van der Waals surface area (Å²) in [5.74, 6) is 0.420. The monoisotopic (exact) mass is 637 g/mol. The van der Waals surface area contributed by atoms with Crippen LogP contribution in [0.3, 0.4) is 0 Å². The van der Waals surface area contributed by atoms with E-state index in [0.29, 0.717) is 38.0 Å². The Labute approximate surface area is 254 Å². The molecular weight excluding hydrogens is 601 g/mol. The molecule has 1 fully saturated rings. The van der Waals surface area contributed by atoms with Crippen LogP contribution in [0.25, 0.3) is 11.1 Å². The molecule has 5 rings (SSSR count). The number of aryl methyl sites for hydroxylation is 1. The lowest BCUT2D eigenvalue weighted by Gasteiger charge is -2.19. The zero-order valence-corrected chi connectivity index (χ0v) is 24.1. The molecule has 0 bridgehead atoms. The van der Waals surface area contributed by atoms with Crippen LogP contribution < -0.4 is 14.0 Å². The molecule has 0 unspecified atom stereocenters. The van der Waals surface area contributed by atoms with Crippen molar-refractivity contribution in [3.63, 3.8) is 0 Å². The standard InChI is InChI=1S/C31H32F4NO6P.CH4/c32-16-2-17-36-18-15-27(20-36)40-24-9-7-22(8-10-24)30-28(21-5-11-25(12-6-21)41-31(33,34)35)4-1-3-23-19-26(13-14-29(23)30)42-43(37,38)39;/h5-14,19,27H,1-4,15-18,20H2,(H2,37,38,39);1H4/t27-;/m0./s1. The second-order valence-corrected chi connectivity index (χ2v) is 11.7. The van der Waals surface area contributed by atoms with Gasteiger partial charge in [-0.15, -0.1) is 13.2 Å². The topological polar surface area (TPSA) is 88.5 Å². The summed E-state index contributed by atoms with van der Waals surface area (Å²) >= 11 is 0. The van der Waals surface area contributed by atoms with Gasteiger partial charge < -0.3 is 14.0 Å². The fourth-order valence-corrected chi connectivity index (χ4v) is 6.09. The third kappa shape index (κ3) is 8.85. The molecule has 0 saturated carbocycles. The highest BCUT2D eigenvalue weighted by Gasteiger charge is 2.31. The molecule has 1 saturated heterocycles. The highest BCUT2D eigenvalue weighted by atomic mass is 31.2. The number of ether oxygens (including phenoxy) is 2. The summed E-state index contributed by atoms with van der Waals surface area (Å²) in [6, 6.07) is 18.2. The highest BCUT2D eigenvalue weighted by Crippen LogP contribution is 2.44. The number of nitrogens with zero attached hydrogens (tertiary/aromatic N) is 1. The Kier molecular flexibility index (Phi) is 10.8. The van der Waals surface area contributed by atoms with E-state index in [1.54, 1.807) is 24.3 Å². The van der Waals surface area contributed by atoms with Gasteiger partial charge in [0.1, 0.15) is 23.4 Å². The van der Waals surface area contributed by atoms with E-state index in [-0.39, 0.29) is 31.7 Å². The van der Waals surface area contributed by atoms with Crippen molar-refractivity contribution in [3.8, 4) is 17.2 Å². The SMILES string of the molecule is C.O=P(O)(O)Oc1ccc2c(c1)CCCC(c1ccc(OC(F)(F)F)cc1)=C2c1ccc(O[C@H]2CCN(CCCF)C2)cc1. The fraction of sp³-hybridized carbons (Fsp3) is 0.375. The van der Waals surface area contributed by atoms with Gasteiger partial charge in [-0.3, -0.25) is 19.1 Å². The van der Waals surface area contributed by atoms with Crippen molar-refractivity contribution < 1.29 is 45.9 Å². The number of likely N-dealkylation sites (tertiary alicyclic amines) is 1. The van der Waals surface area contributed by atoms with Crippen LogP contribution in [-0.4, -0.2) is 53.5 Å². The number of phosphoric ester groups is 1. The molecule has 238 valence electrons. The van der Waals surface area contributed by atoms with Gasteiger partial charge in [-0.05, 0) is 102 Å². The van der Waals surface area contributed by atoms with E-state index in [1.807, 2.05) is 24.3 Å². The third-order valence-corrected chi connectivity index (χ3v) is 7.91. The smallest absolute Gasteiger partial charge is 0.489 e. The van der Waals surface area contributed by atoms with Crippen molar-refractivity contribution in [2.24, 2.45) is 0 Å². The van der Waals surface area contributed by atoms with E-state index in [1.165, 1.54) is 18.2 Å². The van der Waals surface area contributed by atoms with Crippen LogP contribution in [0.2, 0.25) is 0 Å². The molecule has 2 aliphatic rings. The minimum atomic E-state index is -4.80. The summed E-state index contributed by atoms with van der Waals surface area (Å²) in [6.07, 6.45) is -1.55. The zero-order valence-electron chi connectivity index (χ0n) is 23.2. The molecule has 1 aliphatic carbocycles. The van der Waals surface area contributed by atoms with E-state index in [9.17, 15) is 31.9 Å². The first-order valence-corrected chi connectivity index (χ1v) is 15.5. The average Bonchev–Trinajstić information content (AvgIpc) is 3.30. The molecule has 3 aromatic carbocycles. The molecule has 1 heterocycles. The van der Waals surface area contributed by atoms with Crippen LogP contribution in [-0.2, 0) is 11.0 Å². The average molecular weight is 638 g/mol. The molecule has 2 N–H and O–H groups in total. The highest BCUT2D eigenvalue weighted by molar-refractivity contribution is 7.46. The van der Waals surface area contributed by atoms with Crippen molar-refractivity contribution >= 4 is 19.0 Å². The number of halogens is 4. The lowest BCUT2D eigenvalue weighted by atomic mass is 9.88. The summed E-state index contributed by atoms with van der Waals surface area (Å²) in [6.45, 7) is 1.96. The Morgan fingerprint density at radius 2 is 1.57 bits per heavy atom. The van der Waals surface area contributed by atoms with Gasteiger partial charge in [0.25, 0.3) is 0 Å². The largest absolute Gasteiger partial charge is 0.573 e. The Morgan fingerprint density at radius 1 is 0.909 bits per heavy atom. The Balaban J connectivity index is 0.00000442.